The van der Waals surface area contributed by atoms with Crippen LogP contribution in [0.25, 0.3) is 0 Å². The van der Waals surface area contributed by atoms with Crippen molar-refractivity contribution in [1.29, 1.82) is 0 Å². The van der Waals surface area contributed by atoms with Crippen molar-refractivity contribution in [3.05, 3.63) is 23.8 Å². The molecule has 88 valence electrons. The molecule has 1 aromatic rings. The van der Waals surface area contributed by atoms with Crippen molar-refractivity contribution >= 4 is 17.2 Å². The highest BCUT2D eigenvalue weighted by molar-refractivity contribution is 7.80. The van der Waals surface area contributed by atoms with Gasteiger partial charge in [-0.2, -0.15) is 0 Å². The molecule has 0 aliphatic rings. The van der Waals surface area contributed by atoms with Gasteiger partial charge in [0, 0.05) is 5.56 Å². The topological polar surface area (TPSA) is 44.5 Å². The van der Waals surface area contributed by atoms with Gasteiger partial charge in [0.2, 0.25) is 0 Å². The first-order valence-electron chi connectivity index (χ1n) is 5.38. The van der Waals surface area contributed by atoms with E-state index in [-0.39, 0.29) is 0 Å². The van der Waals surface area contributed by atoms with Crippen LogP contribution in [-0.2, 0) is 0 Å². The summed E-state index contributed by atoms with van der Waals surface area (Å²) in [4.78, 5) is 0.364. The van der Waals surface area contributed by atoms with Crippen molar-refractivity contribution in [3.8, 4) is 11.5 Å². The molecule has 16 heavy (non-hydrogen) atoms. The van der Waals surface area contributed by atoms with Crippen molar-refractivity contribution in [2.45, 2.75) is 20.3 Å². The SMILES string of the molecule is CCCOc1ccc(C(N)=S)cc1OCC. The number of thiocarbonyl (C=S) groups is 1. The molecule has 0 aromatic heterocycles. The molecule has 4 heteroatoms. The molecule has 0 saturated heterocycles. The number of nitrogens with two attached hydrogens (primary N) is 1. The van der Waals surface area contributed by atoms with Gasteiger partial charge in [0.1, 0.15) is 4.99 Å². The summed E-state index contributed by atoms with van der Waals surface area (Å²) in [6, 6.07) is 5.50. The van der Waals surface area contributed by atoms with Crippen LogP contribution >= 0.6 is 12.2 Å². The molecule has 1 rings (SSSR count). The molecule has 1 aromatic carbocycles. The first-order valence-corrected chi connectivity index (χ1v) is 5.79. The molecule has 0 bridgehead atoms. The lowest BCUT2D eigenvalue weighted by molar-refractivity contribution is 0.277. The monoisotopic (exact) mass is 239 g/mol. The predicted molar refractivity (Wildman–Crippen MR) is 69.3 cm³/mol. The fraction of sp³-hybridized carbons (Fsp3) is 0.417. The fourth-order valence-electron chi connectivity index (χ4n) is 1.26. The third-order valence-corrected chi connectivity index (χ3v) is 2.23. The largest absolute Gasteiger partial charge is 0.490 e. The van der Waals surface area contributed by atoms with Crippen LogP contribution in [0, 0.1) is 0 Å². The maximum absolute atomic E-state index is 5.56. The molecule has 0 spiro atoms. The van der Waals surface area contributed by atoms with Gasteiger partial charge in [-0.1, -0.05) is 19.1 Å². The van der Waals surface area contributed by atoms with Gasteiger partial charge < -0.3 is 15.2 Å². The Labute approximate surface area is 102 Å². The number of ether oxygens (including phenoxy) is 2. The van der Waals surface area contributed by atoms with E-state index in [1.807, 2.05) is 25.1 Å². The highest BCUT2D eigenvalue weighted by Gasteiger charge is 2.07. The Morgan fingerprint density at radius 2 is 2.00 bits per heavy atom. The normalized spacial score (nSPS) is 9.88. The van der Waals surface area contributed by atoms with Gasteiger partial charge in [0.25, 0.3) is 0 Å². The minimum Gasteiger partial charge on any atom is -0.490 e. The van der Waals surface area contributed by atoms with Crippen molar-refractivity contribution in [1.82, 2.24) is 0 Å². The van der Waals surface area contributed by atoms with Crippen LogP contribution in [0.1, 0.15) is 25.8 Å². The summed E-state index contributed by atoms with van der Waals surface area (Å²) >= 11 is 4.92. The van der Waals surface area contributed by atoms with Gasteiger partial charge in [0.05, 0.1) is 13.2 Å². The molecule has 0 saturated carbocycles. The van der Waals surface area contributed by atoms with Gasteiger partial charge >= 0.3 is 0 Å². The Morgan fingerprint density at radius 1 is 1.25 bits per heavy atom. The molecule has 0 heterocycles. The van der Waals surface area contributed by atoms with Crippen molar-refractivity contribution in [2.75, 3.05) is 13.2 Å². The van der Waals surface area contributed by atoms with Crippen LogP contribution in [0.3, 0.4) is 0 Å². The number of benzene rings is 1. The second kappa shape index (κ2) is 6.33. The van der Waals surface area contributed by atoms with E-state index in [9.17, 15) is 0 Å². The molecule has 0 aliphatic carbocycles. The lowest BCUT2D eigenvalue weighted by atomic mass is 10.2. The molecule has 0 atom stereocenters. The Balaban J connectivity index is 2.94. The van der Waals surface area contributed by atoms with E-state index < -0.39 is 0 Å². The highest BCUT2D eigenvalue weighted by Crippen LogP contribution is 2.28. The van der Waals surface area contributed by atoms with Gasteiger partial charge in [-0.3, -0.25) is 0 Å². The van der Waals surface area contributed by atoms with E-state index in [0.717, 1.165) is 17.7 Å². The van der Waals surface area contributed by atoms with Crippen LogP contribution in [0.15, 0.2) is 18.2 Å². The molecule has 3 nitrogen and oxygen atoms in total. The minimum atomic E-state index is 0.364. The van der Waals surface area contributed by atoms with E-state index in [0.29, 0.717) is 24.0 Å². The molecule has 2 N–H and O–H groups in total. The lowest BCUT2D eigenvalue weighted by Gasteiger charge is -2.12. The van der Waals surface area contributed by atoms with Crippen LogP contribution in [0.4, 0.5) is 0 Å². The third-order valence-electron chi connectivity index (χ3n) is 1.99. The van der Waals surface area contributed by atoms with Gasteiger partial charge in [0.15, 0.2) is 11.5 Å². The standard InChI is InChI=1S/C12H17NO2S/c1-3-7-15-10-6-5-9(12(13)16)8-11(10)14-4-2/h5-6,8H,3-4,7H2,1-2H3,(H2,13,16). The minimum absolute atomic E-state index is 0.364. The van der Waals surface area contributed by atoms with E-state index in [1.54, 1.807) is 0 Å². The molecule has 0 amide bonds. The molecular formula is C12H17NO2S. The fourth-order valence-corrected chi connectivity index (χ4v) is 1.39. The van der Waals surface area contributed by atoms with E-state index in [4.69, 9.17) is 27.4 Å². The summed E-state index contributed by atoms with van der Waals surface area (Å²) in [7, 11) is 0. The first-order chi connectivity index (χ1) is 7.69. The quantitative estimate of drug-likeness (QED) is 0.775. The second-order valence-corrected chi connectivity index (χ2v) is 3.75. The Hall–Kier alpha value is -1.29. The molecule has 0 unspecified atom stereocenters. The van der Waals surface area contributed by atoms with E-state index >= 15 is 0 Å². The second-order valence-electron chi connectivity index (χ2n) is 3.31. The zero-order valence-electron chi connectivity index (χ0n) is 9.66. The average Bonchev–Trinajstić information content (AvgIpc) is 2.27. The van der Waals surface area contributed by atoms with Crippen LogP contribution in [0.5, 0.6) is 11.5 Å². The summed E-state index contributed by atoms with van der Waals surface area (Å²) < 4.78 is 11.0. The third kappa shape index (κ3) is 3.38. The number of rotatable bonds is 6. The van der Waals surface area contributed by atoms with Gasteiger partial charge in [-0.05, 0) is 31.5 Å². The zero-order chi connectivity index (χ0) is 12.0. The van der Waals surface area contributed by atoms with Crippen molar-refractivity contribution in [2.24, 2.45) is 5.73 Å². The highest BCUT2D eigenvalue weighted by atomic mass is 32.1. The summed E-state index contributed by atoms with van der Waals surface area (Å²) in [5, 5.41) is 0. The molecular weight excluding hydrogens is 222 g/mol. The van der Waals surface area contributed by atoms with Crippen LogP contribution in [-0.4, -0.2) is 18.2 Å². The van der Waals surface area contributed by atoms with Crippen molar-refractivity contribution < 1.29 is 9.47 Å². The zero-order valence-corrected chi connectivity index (χ0v) is 10.5. The lowest BCUT2D eigenvalue weighted by Crippen LogP contribution is -2.10. The first kappa shape index (κ1) is 12.8. The molecule has 0 aliphatic heterocycles. The maximum atomic E-state index is 5.56. The van der Waals surface area contributed by atoms with Gasteiger partial charge in [-0.25, -0.2) is 0 Å². The van der Waals surface area contributed by atoms with Crippen molar-refractivity contribution in [3.63, 3.8) is 0 Å². The average molecular weight is 239 g/mol. The maximum Gasteiger partial charge on any atom is 0.161 e. The van der Waals surface area contributed by atoms with Crippen LogP contribution < -0.4 is 15.2 Å². The summed E-state index contributed by atoms with van der Waals surface area (Å²) in [5.74, 6) is 1.44. The van der Waals surface area contributed by atoms with E-state index in [1.165, 1.54) is 0 Å². The number of hydrogen-bond donors (Lipinski definition) is 1. The Morgan fingerprint density at radius 3 is 2.56 bits per heavy atom. The van der Waals surface area contributed by atoms with Crippen LogP contribution in [0.2, 0.25) is 0 Å². The summed E-state index contributed by atoms with van der Waals surface area (Å²) in [6.07, 6.45) is 0.961. The smallest absolute Gasteiger partial charge is 0.161 e. The molecule has 0 radical (unpaired) electrons. The predicted octanol–water partition coefficient (Wildman–Crippen LogP) is 2.51. The molecule has 0 fully saturated rings. The Bertz CT molecular complexity index is 366. The van der Waals surface area contributed by atoms with Gasteiger partial charge in [-0.15, -0.1) is 0 Å². The number of hydrogen-bond acceptors (Lipinski definition) is 3. The summed E-state index contributed by atoms with van der Waals surface area (Å²) in [6.45, 7) is 5.25. The summed E-state index contributed by atoms with van der Waals surface area (Å²) in [5.41, 5.74) is 6.36. The van der Waals surface area contributed by atoms with E-state index in [2.05, 4.69) is 6.92 Å². The Kier molecular flexibility index (Phi) is 5.05.